The van der Waals surface area contributed by atoms with Crippen molar-refractivity contribution in [2.45, 2.75) is 13.3 Å². The summed E-state index contributed by atoms with van der Waals surface area (Å²) in [6.45, 7) is 2.10. The van der Waals surface area contributed by atoms with Gasteiger partial charge in [0.2, 0.25) is 0 Å². The first kappa shape index (κ1) is 30.0. The van der Waals surface area contributed by atoms with E-state index in [1.807, 2.05) is 48.5 Å². The van der Waals surface area contributed by atoms with Crippen LogP contribution in [0.5, 0.6) is 0 Å². The maximum Gasteiger partial charge on any atom is 0.0991 e. The fourth-order valence-electron chi connectivity index (χ4n) is 7.92. The zero-order chi connectivity index (χ0) is 34.6. The SMILES string of the molecule is CC1CC=C(c2cc(C#N)ccc2-n2c3ccccc3c3cc(C#N)ccc32)C(c2ccc(-n3c4ccccc4c4ccccc43)cc2)=C1C#N. The van der Waals surface area contributed by atoms with E-state index >= 15 is 0 Å². The minimum atomic E-state index is 0.0333. The first-order valence-corrected chi connectivity index (χ1v) is 17.0. The van der Waals surface area contributed by atoms with Gasteiger partial charge in [0.25, 0.3) is 0 Å². The van der Waals surface area contributed by atoms with Crippen LogP contribution in [0.15, 0.2) is 145 Å². The van der Waals surface area contributed by atoms with E-state index in [0.717, 1.165) is 72.1 Å². The first-order chi connectivity index (χ1) is 25.1. The molecule has 238 valence electrons. The standard InChI is InChI=1S/C46H29N5/c1-29-14-21-37(39-25-31(27-48)16-23-45(39)51-43-13-7-4-10-36(43)38-24-30(26-47)15-22-44(38)51)46(40(29)28-49)32-17-19-33(20-18-32)50-41-11-5-2-8-34(41)35-9-3-6-12-42(35)50/h2-13,15-25,29H,14H2,1H3. The summed E-state index contributed by atoms with van der Waals surface area (Å²) in [6, 6.07) is 52.5. The van der Waals surface area contributed by atoms with Crippen molar-refractivity contribution in [3.05, 3.63) is 167 Å². The van der Waals surface area contributed by atoms with Crippen molar-refractivity contribution in [2.24, 2.45) is 5.92 Å². The molecular weight excluding hydrogens is 623 g/mol. The Hall–Kier alpha value is -7.13. The lowest BCUT2D eigenvalue weighted by Gasteiger charge is -2.26. The van der Waals surface area contributed by atoms with Gasteiger partial charge in [0.1, 0.15) is 0 Å². The number of para-hydroxylation sites is 3. The Kier molecular flexibility index (Phi) is 6.92. The van der Waals surface area contributed by atoms with E-state index in [2.05, 4.69) is 125 Å². The van der Waals surface area contributed by atoms with Crippen LogP contribution in [0.3, 0.4) is 0 Å². The molecule has 0 bridgehead atoms. The van der Waals surface area contributed by atoms with E-state index in [-0.39, 0.29) is 5.92 Å². The molecule has 0 saturated heterocycles. The molecule has 51 heavy (non-hydrogen) atoms. The molecule has 0 radical (unpaired) electrons. The van der Waals surface area contributed by atoms with Crippen LogP contribution in [0.4, 0.5) is 0 Å². The van der Waals surface area contributed by atoms with Crippen LogP contribution in [0.2, 0.25) is 0 Å². The Balaban J connectivity index is 1.25. The largest absolute Gasteiger partial charge is 0.309 e. The van der Waals surface area contributed by atoms with Crippen LogP contribution in [0.1, 0.15) is 35.6 Å². The second-order valence-electron chi connectivity index (χ2n) is 13.1. The topological polar surface area (TPSA) is 81.2 Å². The van der Waals surface area contributed by atoms with Gasteiger partial charge in [0.15, 0.2) is 0 Å². The van der Waals surface area contributed by atoms with Crippen molar-refractivity contribution in [2.75, 3.05) is 0 Å². The highest BCUT2D eigenvalue weighted by atomic mass is 15.0. The number of aromatic nitrogens is 2. The number of fused-ring (bicyclic) bond motifs is 6. The summed E-state index contributed by atoms with van der Waals surface area (Å²) in [4.78, 5) is 0. The predicted octanol–water partition coefficient (Wildman–Crippen LogP) is 11.0. The first-order valence-electron chi connectivity index (χ1n) is 17.0. The molecule has 8 aromatic rings. The molecule has 0 amide bonds. The van der Waals surface area contributed by atoms with Crippen molar-refractivity contribution in [1.82, 2.24) is 9.13 Å². The Morgan fingerprint density at radius 2 is 1.10 bits per heavy atom. The third kappa shape index (κ3) is 4.59. The predicted molar refractivity (Wildman–Crippen MR) is 205 cm³/mol. The van der Waals surface area contributed by atoms with Crippen LogP contribution in [0.25, 0.3) is 66.1 Å². The van der Waals surface area contributed by atoms with Crippen LogP contribution < -0.4 is 0 Å². The van der Waals surface area contributed by atoms with Crippen LogP contribution >= 0.6 is 0 Å². The van der Waals surface area contributed by atoms with Gasteiger partial charge in [-0.25, -0.2) is 0 Å². The maximum absolute atomic E-state index is 10.7. The monoisotopic (exact) mass is 651 g/mol. The molecular formula is C46H29N5. The van der Waals surface area contributed by atoms with E-state index in [1.165, 1.54) is 10.8 Å². The van der Waals surface area contributed by atoms with E-state index in [0.29, 0.717) is 17.5 Å². The molecule has 9 rings (SSSR count). The normalized spacial score (nSPS) is 14.5. The van der Waals surface area contributed by atoms with Gasteiger partial charge in [0, 0.05) is 43.9 Å². The fourth-order valence-corrected chi connectivity index (χ4v) is 7.92. The Bertz CT molecular complexity index is 2880. The number of hydrogen-bond acceptors (Lipinski definition) is 3. The molecule has 2 heterocycles. The van der Waals surface area contributed by atoms with Gasteiger partial charge in [-0.15, -0.1) is 0 Å². The van der Waals surface area contributed by atoms with Gasteiger partial charge >= 0.3 is 0 Å². The molecule has 1 unspecified atom stereocenters. The molecule has 5 nitrogen and oxygen atoms in total. The second kappa shape index (κ2) is 11.8. The lowest BCUT2D eigenvalue weighted by atomic mass is 9.78. The summed E-state index contributed by atoms with van der Waals surface area (Å²) in [6.07, 6.45) is 2.93. The highest BCUT2D eigenvalue weighted by molar-refractivity contribution is 6.13. The molecule has 0 N–H and O–H groups in total. The van der Waals surface area contributed by atoms with E-state index < -0.39 is 0 Å². The lowest BCUT2D eigenvalue weighted by Crippen LogP contribution is -2.10. The van der Waals surface area contributed by atoms with Crippen molar-refractivity contribution in [3.63, 3.8) is 0 Å². The Morgan fingerprint density at radius 1 is 0.549 bits per heavy atom. The highest BCUT2D eigenvalue weighted by Crippen LogP contribution is 2.45. The van der Waals surface area contributed by atoms with E-state index in [9.17, 15) is 15.8 Å². The summed E-state index contributed by atoms with van der Waals surface area (Å²) in [7, 11) is 0. The highest BCUT2D eigenvalue weighted by Gasteiger charge is 2.27. The molecule has 2 aromatic heterocycles. The molecule has 1 aliphatic carbocycles. The molecule has 1 atom stereocenters. The average Bonchev–Trinajstić information content (AvgIpc) is 3.70. The van der Waals surface area contributed by atoms with Crippen molar-refractivity contribution in [1.29, 1.82) is 15.8 Å². The van der Waals surface area contributed by atoms with Gasteiger partial charge in [-0.05, 0) is 90.2 Å². The van der Waals surface area contributed by atoms with Gasteiger partial charge in [-0.2, -0.15) is 15.8 Å². The average molecular weight is 652 g/mol. The third-order valence-corrected chi connectivity index (χ3v) is 10.3. The minimum Gasteiger partial charge on any atom is -0.309 e. The smallest absolute Gasteiger partial charge is 0.0991 e. The summed E-state index contributed by atoms with van der Waals surface area (Å²) < 4.78 is 4.51. The number of rotatable bonds is 4. The lowest BCUT2D eigenvalue weighted by molar-refractivity contribution is 0.713. The van der Waals surface area contributed by atoms with Gasteiger partial charge in [-0.3, -0.25) is 0 Å². The molecule has 5 heteroatoms. The maximum atomic E-state index is 10.7. The summed E-state index contributed by atoms with van der Waals surface area (Å²) in [5.41, 5.74) is 11.7. The molecule has 6 aromatic carbocycles. The molecule has 0 aliphatic heterocycles. The van der Waals surface area contributed by atoms with Crippen LogP contribution in [0, 0.1) is 39.9 Å². The number of hydrogen-bond donors (Lipinski definition) is 0. The van der Waals surface area contributed by atoms with Crippen LogP contribution in [-0.4, -0.2) is 9.13 Å². The number of allylic oxidation sites excluding steroid dienone is 4. The molecule has 0 fully saturated rings. The van der Waals surface area contributed by atoms with E-state index in [1.54, 1.807) is 0 Å². The quantitative estimate of drug-likeness (QED) is 0.190. The number of benzene rings is 6. The van der Waals surface area contributed by atoms with Crippen molar-refractivity contribution >= 4 is 54.8 Å². The van der Waals surface area contributed by atoms with Gasteiger partial charge < -0.3 is 9.13 Å². The zero-order valence-electron chi connectivity index (χ0n) is 27.8. The number of nitrogens with zero attached hydrogens (tertiary/aromatic N) is 5. The fraction of sp³-hybridized carbons (Fsp3) is 0.0652. The molecule has 0 spiro atoms. The molecule has 1 aliphatic rings. The summed E-state index contributed by atoms with van der Waals surface area (Å²) in [5.74, 6) is 0.0333. The van der Waals surface area contributed by atoms with Crippen molar-refractivity contribution in [3.8, 4) is 29.6 Å². The third-order valence-electron chi connectivity index (χ3n) is 10.3. The molecule has 0 saturated carbocycles. The van der Waals surface area contributed by atoms with Crippen LogP contribution in [-0.2, 0) is 0 Å². The Morgan fingerprint density at radius 3 is 1.73 bits per heavy atom. The van der Waals surface area contributed by atoms with E-state index in [4.69, 9.17) is 0 Å². The van der Waals surface area contributed by atoms with Gasteiger partial charge in [-0.1, -0.05) is 79.7 Å². The zero-order valence-corrected chi connectivity index (χ0v) is 27.8. The summed E-state index contributed by atoms with van der Waals surface area (Å²) in [5, 5.41) is 34.9. The van der Waals surface area contributed by atoms with Gasteiger partial charge in [0.05, 0.1) is 57.1 Å². The Labute approximate surface area is 295 Å². The summed E-state index contributed by atoms with van der Waals surface area (Å²) >= 11 is 0. The minimum absolute atomic E-state index is 0.0333. The second-order valence-corrected chi connectivity index (χ2v) is 13.1. The number of nitriles is 3. The van der Waals surface area contributed by atoms with Crippen molar-refractivity contribution < 1.29 is 0 Å².